The first-order valence-electron chi connectivity index (χ1n) is 4.72. The first-order chi connectivity index (χ1) is 6.11. The second kappa shape index (κ2) is 6.86. The molecule has 0 bridgehead atoms. The van der Waals surface area contributed by atoms with Crippen LogP contribution >= 0.6 is 0 Å². The van der Waals surface area contributed by atoms with E-state index in [-0.39, 0.29) is 12.5 Å². The van der Waals surface area contributed by atoms with Crippen molar-refractivity contribution in [3.8, 4) is 0 Å². The molecule has 0 saturated carbocycles. The van der Waals surface area contributed by atoms with Crippen LogP contribution in [0.2, 0.25) is 0 Å². The second-order valence-corrected chi connectivity index (χ2v) is 3.17. The Morgan fingerprint density at radius 3 is 2.31 bits per heavy atom. The van der Waals surface area contributed by atoms with E-state index < -0.39 is 12.1 Å². The summed E-state index contributed by atoms with van der Waals surface area (Å²) in [5.74, 6) is -0.627. The van der Waals surface area contributed by atoms with Crippen LogP contribution in [0.5, 0.6) is 0 Å². The highest BCUT2D eigenvalue weighted by Gasteiger charge is 2.14. The molecular weight excluding hydrogens is 170 g/mol. The van der Waals surface area contributed by atoms with Crippen molar-refractivity contribution in [2.75, 3.05) is 13.1 Å². The molecular formula is C9H19NO3. The topological polar surface area (TPSA) is 69.6 Å². The van der Waals surface area contributed by atoms with Gasteiger partial charge in [-0.2, -0.15) is 0 Å². The Bertz CT molecular complexity index is 146. The van der Waals surface area contributed by atoms with Gasteiger partial charge >= 0.3 is 5.97 Å². The highest BCUT2D eigenvalue weighted by molar-refractivity contribution is 5.68. The van der Waals surface area contributed by atoms with E-state index in [1.165, 1.54) is 0 Å². The zero-order chi connectivity index (χ0) is 10.3. The van der Waals surface area contributed by atoms with Gasteiger partial charge in [-0.3, -0.25) is 4.79 Å². The minimum atomic E-state index is -0.892. The summed E-state index contributed by atoms with van der Waals surface area (Å²) in [4.78, 5) is 10.1. The van der Waals surface area contributed by atoms with Crippen LogP contribution in [0.25, 0.3) is 0 Å². The molecule has 0 radical (unpaired) electrons. The molecule has 0 saturated heterocycles. The van der Waals surface area contributed by atoms with Gasteiger partial charge in [-0.05, 0) is 5.92 Å². The van der Waals surface area contributed by atoms with Gasteiger partial charge in [-0.15, -0.1) is 0 Å². The largest absolute Gasteiger partial charge is 0.480 e. The molecule has 0 aliphatic heterocycles. The van der Waals surface area contributed by atoms with Gasteiger partial charge in [0.1, 0.15) is 0 Å². The molecule has 0 spiro atoms. The summed E-state index contributed by atoms with van der Waals surface area (Å²) in [6, 6.07) is 0. The van der Waals surface area contributed by atoms with Crippen LogP contribution in [0.4, 0.5) is 0 Å². The lowest BCUT2D eigenvalue weighted by atomic mass is 9.97. The van der Waals surface area contributed by atoms with Gasteiger partial charge < -0.3 is 15.5 Å². The van der Waals surface area contributed by atoms with Crippen LogP contribution in [0.3, 0.4) is 0 Å². The smallest absolute Gasteiger partial charge is 0.317 e. The lowest BCUT2D eigenvalue weighted by Crippen LogP contribution is -2.35. The molecule has 1 atom stereocenters. The second-order valence-electron chi connectivity index (χ2n) is 3.17. The standard InChI is InChI=1S/C9H19NO3/c1-3-7(4-2)8(11)5-10-6-9(12)13/h7-8,10-11H,3-6H2,1-2H3,(H,12,13). The normalized spacial score (nSPS) is 13.2. The van der Waals surface area contributed by atoms with Crippen molar-refractivity contribution in [2.24, 2.45) is 5.92 Å². The molecule has 3 N–H and O–H groups in total. The van der Waals surface area contributed by atoms with E-state index in [9.17, 15) is 9.90 Å². The summed E-state index contributed by atoms with van der Waals surface area (Å²) in [6.45, 7) is 4.32. The Kier molecular flexibility index (Phi) is 6.54. The number of aliphatic hydroxyl groups excluding tert-OH is 1. The lowest BCUT2D eigenvalue weighted by molar-refractivity contribution is -0.136. The molecule has 0 aromatic heterocycles. The highest BCUT2D eigenvalue weighted by atomic mass is 16.4. The van der Waals surface area contributed by atoms with Crippen molar-refractivity contribution < 1.29 is 15.0 Å². The van der Waals surface area contributed by atoms with Gasteiger partial charge in [0.2, 0.25) is 0 Å². The first-order valence-corrected chi connectivity index (χ1v) is 4.72. The lowest BCUT2D eigenvalue weighted by Gasteiger charge is -2.19. The zero-order valence-electron chi connectivity index (χ0n) is 8.29. The summed E-state index contributed by atoms with van der Waals surface area (Å²) >= 11 is 0. The van der Waals surface area contributed by atoms with Gasteiger partial charge in [0.05, 0.1) is 12.6 Å². The molecule has 0 amide bonds. The van der Waals surface area contributed by atoms with Crippen LogP contribution in [0.15, 0.2) is 0 Å². The van der Waals surface area contributed by atoms with E-state index in [1.807, 2.05) is 13.8 Å². The van der Waals surface area contributed by atoms with E-state index in [1.54, 1.807) is 0 Å². The summed E-state index contributed by atoms with van der Waals surface area (Å²) < 4.78 is 0. The van der Waals surface area contributed by atoms with Crippen molar-refractivity contribution in [1.82, 2.24) is 5.32 Å². The number of nitrogens with one attached hydrogen (secondary N) is 1. The monoisotopic (exact) mass is 189 g/mol. The SMILES string of the molecule is CCC(CC)C(O)CNCC(=O)O. The Morgan fingerprint density at radius 2 is 1.92 bits per heavy atom. The van der Waals surface area contributed by atoms with Crippen LogP contribution in [0.1, 0.15) is 26.7 Å². The average Bonchev–Trinajstić information content (AvgIpc) is 2.05. The van der Waals surface area contributed by atoms with Crippen molar-refractivity contribution in [1.29, 1.82) is 0 Å². The number of rotatable bonds is 7. The summed E-state index contributed by atoms with van der Waals surface area (Å²) in [7, 11) is 0. The molecule has 0 aromatic rings. The molecule has 0 heterocycles. The highest BCUT2D eigenvalue weighted by Crippen LogP contribution is 2.11. The number of carboxylic acid groups (broad SMARTS) is 1. The molecule has 0 aromatic carbocycles. The molecule has 1 unspecified atom stereocenters. The summed E-state index contributed by atoms with van der Waals surface area (Å²) in [6.07, 6.45) is 1.41. The maximum atomic E-state index is 10.1. The van der Waals surface area contributed by atoms with Crippen molar-refractivity contribution >= 4 is 5.97 Å². The number of carbonyl (C=O) groups is 1. The fraction of sp³-hybridized carbons (Fsp3) is 0.889. The number of aliphatic carboxylic acids is 1. The molecule has 13 heavy (non-hydrogen) atoms. The quantitative estimate of drug-likeness (QED) is 0.544. The third-order valence-corrected chi connectivity index (χ3v) is 2.22. The molecule has 0 aliphatic carbocycles. The van der Waals surface area contributed by atoms with Crippen LogP contribution < -0.4 is 5.32 Å². The van der Waals surface area contributed by atoms with Crippen molar-refractivity contribution in [3.05, 3.63) is 0 Å². The predicted molar refractivity (Wildman–Crippen MR) is 50.6 cm³/mol. The Labute approximate surface area is 79.0 Å². The summed E-state index contributed by atoms with van der Waals surface area (Å²) in [5.41, 5.74) is 0. The van der Waals surface area contributed by atoms with Gasteiger partial charge in [0, 0.05) is 6.54 Å². The van der Waals surface area contributed by atoms with Crippen molar-refractivity contribution in [3.63, 3.8) is 0 Å². The average molecular weight is 189 g/mol. The van der Waals surface area contributed by atoms with Crippen LogP contribution in [-0.2, 0) is 4.79 Å². The van der Waals surface area contributed by atoms with Crippen LogP contribution in [-0.4, -0.2) is 35.4 Å². The molecule has 4 nitrogen and oxygen atoms in total. The predicted octanol–water partition coefficient (Wildman–Crippen LogP) is 0.458. The van der Waals surface area contributed by atoms with E-state index >= 15 is 0 Å². The Balaban J connectivity index is 3.59. The van der Waals surface area contributed by atoms with E-state index in [0.717, 1.165) is 12.8 Å². The number of hydrogen-bond donors (Lipinski definition) is 3. The summed E-state index contributed by atoms with van der Waals surface area (Å²) in [5, 5.41) is 20.6. The van der Waals surface area contributed by atoms with Gasteiger partial charge in [-0.25, -0.2) is 0 Å². The maximum absolute atomic E-state index is 10.1. The molecule has 78 valence electrons. The van der Waals surface area contributed by atoms with E-state index in [0.29, 0.717) is 6.54 Å². The Morgan fingerprint density at radius 1 is 1.38 bits per heavy atom. The maximum Gasteiger partial charge on any atom is 0.317 e. The zero-order valence-corrected chi connectivity index (χ0v) is 8.29. The minimum absolute atomic E-state index is 0.0861. The van der Waals surface area contributed by atoms with Crippen LogP contribution in [0, 0.1) is 5.92 Å². The van der Waals surface area contributed by atoms with Gasteiger partial charge in [0.15, 0.2) is 0 Å². The molecule has 0 rings (SSSR count). The molecule has 0 aliphatic rings. The number of carboxylic acids is 1. The van der Waals surface area contributed by atoms with Crippen molar-refractivity contribution in [2.45, 2.75) is 32.8 Å². The third-order valence-electron chi connectivity index (χ3n) is 2.22. The number of hydrogen-bond acceptors (Lipinski definition) is 3. The van der Waals surface area contributed by atoms with E-state index in [4.69, 9.17) is 5.11 Å². The Hall–Kier alpha value is -0.610. The third kappa shape index (κ3) is 5.60. The van der Waals surface area contributed by atoms with E-state index in [2.05, 4.69) is 5.32 Å². The van der Waals surface area contributed by atoms with Gasteiger partial charge in [0.25, 0.3) is 0 Å². The number of aliphatic hydroxyl groups is 1. The fourth-order valence-corrected chi connectivity index (χ4v) is 1.33. The molecule has 4 heteroatoms. The fourth-order valence-electron chi connectivity index (χ4n) is 1.33. The molecule has 0 fully saturated rings. The first kappa shape index (κ1) is 12.4. The van der Waals surface area contributed by atoms with Gasteiger partial charge in [-0.1, -0.05) is 26.7 Å². The minimum Gasteiger partial charge on any atom is -0.480 e.